The molecule has 0 bridgehead atoms. The lowest BCUT2D eigenvalue weighted by atomic mass is 10.0. The third kappa shape index (κ3) is 3.67. The fourth-order valence-electron chi connectivity index (χ4n) is 2.44. The molecule has 0 radical (unpaired) electrons. The van der Waals surface area contributed by atoms with E-state index in [0.717, 1.165) is 27.7 Å². The van der Waals surface area contributed by atoms with E-state index in [2.05, 4.69) is 5.32 Å². The van der Waals surface area contributed by atoms with Gasteiger partial charge in [-0.3, -0.25) is 9.59 Å². The van der Waals surface area contributed by atoms with Gasteiger partial charge in [0.15, 0.2) is 0 Å². The van der Waals surface area contributed by atoms with E-state index in [0.29, 0.717) is 6.42 Å². The summed E-state index contributed by atoms with van der Waals surface area (Å²) in [4.78, 5) is 22.6. The molecule has 0 aliphatic rings. The zero-order valence-corrected chi connectivity index (χ0v) is 13.1. The summed E-state index contributed by atoms with van der Waals surface area (Å²) in [6.07, 6.45) is 2.32. The second kappa shape index (κ2) is 6.64. The lowest BCUT2D eigenvalue weighted by Gasteiger charge is -2.12. The first-order valence-electron chi connectivity index (χ1n) is 7.36. The van der Waals surface area contributed by atoms with Crippen LogP contribution in [0.1, 0.15) is 36.5 Å². The molecule has 0 saturated carbocycles. The number of hydrogen-bond acceptors (Lipinski definition) is 3. The number of furan rings is 1. The lowest BCUT2D eigenvalue weighted by molar-refractivity contribution is -0.137. The van der Waals surface area contributed by atoms with Gasteiger partial charge in [0, 0.05) is 23.4 Å². The minimum atomic E-state index is -0.854. The predicted molar refractivity (Wildman–Crippen MR) is 83.9 cm³/mol. The highest BCUT2D eigenvalue weighted by Crippen LogP contribution is 2.26. The summed E-state index contributed by atoms with van der Waals surface area (Å²) in [5.74, 6) is -0.980. The molecule has 5 nitrogen and oxygen atoms in total. The van der Waals surface area contributed by atoms with E-state index < -0.39 is 5.97 Å². The fourth-order valence-corrected chi connectivity index (χ4v) is 2.44. The predicted octanol–water partition coefficient (Wildman–Crippen LogP) is 2.96. The number of fused-ring (bicyclic) bond motifs is 1. The Morgan fingerprint density at radius 1 is 1.32 bits per heavy atom. The van der Waals surface area contributed by atoms with Gasteiger partial charge in [-0.2, -0.15) is 0 Å². The summed E-state index contributed by atoms with van der Waals surface area (Å²) in [5, 5.41) is 12.4. The van der Waals surface area contributed by atoms with Crippen molar-refractivity contribution in [3.63, 3.8) is 0 Å². The van der Waals surface area contributed by atoms with E-state index >= 15 is 0 Å². The minimum Gasteiger partial charge on any atom is -0.481 e. The Bertz CT molecular complexity index is 702. The summed E-state index contributed by atoms with van der Waals surface area (Å²) >= 11 is 0. The highest BCUT2D eigenvalue weighted by atomic mass is 16.4. The van der Waals surface area contributed by atoms with E-state index in [4.69, 9.17) is 9.52 Å². The molecule has 22 heavy (non-hydrogen) atoms. The average molecular weight is 303 g/mol. The zero-order chi connectivity index (χ0) is 16.3. The number of aryl methyl sites for hydroxylation is 2. The minimum absolute atomic E-state index is 0.0502. The molecule has 5 heteroatoms. The number of carbonyl (C=O) groups is 2. The molecular formula is C17H21NO4. The molecule has 1 aromatic carbocycles. The Balaban J connectivity index is 2.03. The van der Waals surface area contributed by atoms with E-state index in [1.54, 1.807) is 6.26 Å². The van der Waals surface area contributed by atoms with Crippen LogP contribution in [0.2, 0.25) is 0 Å². The van der Waals surface area contributed by atoms with Crippen LogP contribution in [0.15, 0.2) is 22.8 Å². The molecule has 2 rings (SSSR count). The number of aliphatic carboxylic acids is 1. The van der Waals surface area contributed by atoms with Crippen molar-refractivity contribution >= 4 is 22.8 Å². The number of carboxylic acid groups (broad SMARTS) is 1. The number of rotatable bonds is 6. The number of carbonyl (C=O) groups excluding carboxylic acids is 1. The van der Waals surface area contributed by atoms with Gasteiger partial charge in [-0.15, -0.1) is 0 Å². The maximum absolute atomic E-state index is 12.1. The first-order chi connectivity index (χ1) is 10.4. The second-order valence-electron chi connectivity index (χ2n) is 5.72. The van der Waals surface area contributed by atoms with Gasteiger partial charge in [-0.25, -0.2) is 0 Å². The normalized spacial score (nSPS) is 12.3. The maximum atomic E-state index is 12.1. The van der Waals surface area contributed by atoms with Crippen LogP contribution in [0.25, 0.3) is 11.0 Å². The molecule has 2 N–H and O–H groups in total. The number of nitrogens with one attached hydrogen (secondary N) is 1. The van der Waals surface area contributed by atoms with Gasteiger partial charge >= 0.3 is 5.97 Å². The van der Waals surface area contributed by atoms with Crippen LogP contribution in [0.3, 0.4) is 0 Å². The first-order valence-corrected chi connectivity index (χ1v) is 7.36. The van der Waals surface area contributed by atoms with Crippen LogP contribution in [0.4, 0.5) is 0 Å². The van der Waals surface area contributed by atoms with Gasteiger partial charge in [0.1, 0.15) is 5.58 Å². The Kier molecular flexibility index (Phi) is 4.85. The summed E-state index contributed by atoms with van der Waals surface area (Å²) in [5.41, 5.74) is 3.90. The fraction of sp³-hybridized carbons (Fsp3) is 0.412. The van der Waals surface area contributed by atoms with E-state index in [1.807, 2.05) is 32.9 Å². The number of benzene rings is 1. The van der Waals surface area contributed by atoms with Crippen LogP contribution in [0, 0.1) is 13.8 Å². The Labute approximate surface area is 129 Å². The Morgan fingerprint density at radius 3 is 2.73 bits per heavy atom. The van der Waals surface area contributed by atoms with E-state index in [9.17, 15) is 9.59 Å². The molecule has 1 atom stereocenters. The zero-order valence-electron chi connectivity index (χ0n) is 13.1. The summed E-state index contributed by atoms with van der Waals surface area (Å²) in [6.45, 7) is 5.83. The molecular weight excluding hydrogens is 282 g/mol. The van der Waals surface area contributed by atoms with Crippen LogP contribution >= 0.6 is 0 Å². The van der Waals surface area contributed by atoms with Crippen molar-refractivity contribution in [3.8, 4) is 0 Å². The molecule has 1 amide bonds. The smallest absolute Gasteiger partial charge is 0.303 e. The second-order valence-corrected chi connectivity index (χ2v) is 5.72. The molecule has 0 saturated heterocycles. The van der Waals surface area contributed by atoms with Crippen molar-refractivity contribution in [2.75, 3.05) is 0 Å². The van der Waals surface area contributed by atoms with Gasteiger partial charge in [0.25, 0.3) is 0 Å². The third-order valence-electron chi connectivity index (χ3n) is 3.89. The van der Waals surface area contributed by atoms with Gasteiger partial charge in [0.2, 0.25) is 5.91 Å². The Morgan fingerprint density at radius 2 is 2.05 bits per heavy atom. The quantitative estimate of drug-likeness (QED) is 0.860. The molecule has 0 fully saturated rings. The lowest BCUT2D eigenvalue weighted by Crippen LogP contribution is -2.34. The van der Waals surface area contributed by atoms with E-state index in [1.165, 1.54) is 0 Å². The standard InChI is InChI=1S/C17H21NO4/c1-10-4-6-14-13(9-22-17(14)12(10)3)8-15(19)18-11(2)5-7-16(20)21/h4,6,9,11H,5,7-8H2,1-3H3,(H,18,19)(H,20,21). The molecule has 118 valence electrons. The van der Waals surface area contributed by atoms with Gasteiger partial charge in [0.05, 0.1) is 12.7 Å². The molecule has 0 aliphatic carbocycles. The molecule has 0 aliphatic heterocycles. The van der Waals surface area contributed by atoms with Gasteiger partial charge in [-0.05, 0) is 38.3 Å². The molecule has 1 heterocycles. The van der Waals surface area contributed by atoms with Crippen LogP contribution in [-0.4, -0.2) is 23.0 Å². The van der Waals surface area contributed by atoms with Crippen LogP contribution in [-0.2, 0) is 16.0 Å². The number of hydrogen-bond donors (Lipinski definition) is 2. The molecule has 1 unspecified atom stereocenters. The van der Waals surface area contributed by atoms with E-state index in [-0.39, 0.29) is 24.8 Å². The topological polar surface area (TPSA) is 79.5 Å². The largest absolute Gasteiger partial charge is 0.481 e. The first kappa shape index (κ1) is 16.1. The van der Waals surface area contributed by atoms with Crippen molar-refractivity contribution in [2.45, 2.75) is 46.1 Å². The summed E-state index contributed by atoms with van der Waals surface area (Å²) in [7, 11) is 0. The highest BCUT2D eigenvalue weighted by Gasteiger charge is 2.14. The monoisotopic (exact) mass is 303 g/mol. The van der Waals surface area contributed by atoms with Crippen molar-refractivity contribution in [2.24, 2.45) is 0 Å². The maximum Gasteiger partial charge on any atom is 0.303 e. The summed E-state index contributed by atoms with van der Waals surface area (Å²) in [6, 6.07) is 3.83. The molecule has 1 aromatic heterocycles. The number of amides is 1. The van der Waals surface area contributed by atoms with Gasteiger partial charge in [-0.1, -0.05) is 12.1 Å². The van der Waals surface area contributed by atoms with Crippen molar-refractivity contribution in [3.05, 3.63) is 35.1 Å². The van der Waals surface area contributed by atoms with Crippen molar-refractivity contribution < 1.29 is 19.1 Å². The average Bonchev–Trinajstić information content (AvgIpc) is 2.84. The molecule has 2 aromatic rings. The highest BCUT2D eigenvalue weighted by molar-refractivity contribution is 5.89. The SMILES string of the molecule is Cc1ccc2c(CC(=O)NC(C)CCC(=O)O)coc2c1C. The van der Waals surface area contributed by atoms with Crippen molar-refractivity contribution in [1.82, 2.24) is 5.32 Å². The van der Waals surface area contributed by atoms with Crippen molar-refractivity contribution in [1.29, 1.82) is 0 Å². The van der Waals surface area contributed by atoms with Gasteiger partial charge < -0.3 is 14.8 Å². The van der Waals surface area contributed by atoms with Crippen LogP contribution in [0.5, 0.6) is 0 Å². The molecule has 0 spiro atoms. The number of carboxylic acids is 1. The van der Waals surface area contributed by atoms with Crippen LogP contribution < -0.4 is 5.32 Å². The third-order valence-corrected chi connectivity index (χ3v) is 3.89. The summed E-state index contributed by atoms with van der Waals surface area (Å²) < 4.78 is 5.59. The Hall–Kier alpha value is -2.30.